The van der Waals surface area contributed by atoms with Gasteiger partial charge in [-0.15, -0.1) is 0 Å². The molecule has 0 aliphatic carbocycles. The fourth-order valence-electron chi connectivity index (χ4n) is 4.01. The van der Waals surface area contributed by atoms with Crippen molar-refractivity contribution in [3.8, 4) is 0 Å². The van der Waals surface area contributed by atoms with Crippen LogP contribution in [0.2, 0.25) is 0 Å². The molecule has 0 unspecified atom stereocenters. The minimum atomic E-state index is -0.0594. The van der Waals surface area contributed by atoms with Crippen molar-refractivity contribution in [2.45, 2.75) is 39.5 Å². The summed E-state index contributed by atoms with van der Waals surface area (Å²) < 4.78 is 5.15. The number of aromatic nitrogens is 1. The lowest BCUT2D eigenvalue weighted by Gasteiger charge is -2.33. The molecule has 28 heavy (non-hydrogen) atoms. The van der Waals surface area contributed by atoms with Crippen LogP contribution in [0.1, 0.15) is 37.8 Å². The van der Waals surface area contributed by atoms with Gasteiger partial charge in [-0.1, -0.05) is 25.1 Å². The number of para-hydroxylation sites is 1. The van der Waals surface area contributed by atoms with Crippen molar-refractivity contribution >= 4 is 22.8 Å². The van der Waals surface area contributed by atoms with Gasteiger partial charge in [-0.2, -0.15) is 0 Å². The Labute approximate surface area is 167 Å². The Morgan fingerprint density at radius 2 is 2.07 bits per heavy atom. The van der Waals surface area contributed by atoms with E-state index in [1.807, 2.05) is 14.0 Å². The predicted octanol–water partition coefficient (Wildman–Crippen LogP) is 3.12. The number of nitrogens with zero attached hydrogens (tertiary/aromatic N) is 2. The number of piperidine rings is 1. The Bertz CT molecular complexity index is 819. The molecule has 2 heterocycles. The highest BCUT2D eigenvalue weighted by Gasteiger charge is 2.27. The van der Waals surface area contributed by atoms with Crippen LogP contribution in [-0.4, -0.2) is 55.1 Å². The van der Waals surface area contributed by atoms with Crippen LogP contribution < -0.4 is 5.32 Å². The van der Waals surface area contributed by atoms with Crippen molar-refractivity contribution < 1.29 is 9.53 Å². The SMILES string of the molecule is CCOC(=O)C1CCN(C(=NC)NCCc2c[nH]c3c(CC)cccc23)CC1. The van der Waals surface area contributed by atoms with Gasteiger partial charge in [-0.25, -0.2) is 0 Å². The molecule has 2 N–H and O–H groups in total. The van der Waals surface area contributed by atoms with E-state index in [1.54, 1.807) is 0 Å². The molecule has 152 valence electrons. The second kappa shape index (κ2) is 9.62. The molecule has 1 aliphatic rings. The van der Waals surface area contributed by atoms with Crippen molar-refractivity contribution in [3.05, 3.63) is 35.5 Å². The monoisotopic (exact) mass is 384 g/mol. The summed E-state index contributed by atoms with van der Waals surface area (Å²) in [6, 6.07) is 6.51. The largest absolute Gasteiger partial charge is 0.466 e. The lowest BCUT2D eigenvalue weighted by molar-refractivity contribution is -0.149. The molecule has 1 saturated heterocycles. The van der Waals surface area contributed by atoms with Crippen molar-refractivity contribution in [1.29, 1.82) is 0 Å². The molecule has 0 atom stereocenters. The first kappa shape index (κ1) is 20.2. The Hall–Kier alpha value is -2.50. The number of carbonyl (C=O) groups is 1. The topological polar surface area (TPSA) is 69.7 Å². The second-order valence-corrected chi connectivity index (χ2v) is 7.24. The summed E-state index contributed by atoms with van der Waals surface area (Å²) >= 11 is 0. The van der Waals surface area contributed by atoms with Gasteiger partial charge in [0.15, 0.2) is 5.96 Å². The average Bonchev–Trinajstić information content (AvgIpc) is 3.15. The normalized spacial score (nSPS) is 15.8. The van der Waals surface area contributed by atoms with Gasteiger partial charge in [0.2, 0.25) is 0 Å². The van der Waals surface area contributed by atoms with E-state index in [4.69, 9.17) is 4.74 Å². The molecule has 6 nitrogen and oxygen atoms in total. The van der Waals surface area contributed by atoms with E-state index in [2.05, 4.69) is 51.5 Å². The Morgan fingerprint density at radius 3 is 2.75 bits per heavy atom. The third-order valence-corrected chi connectivity index (χ3v) is 5.57. The minimum absolute atomic E-state index is 0.0216. The Kier molecular flexibility index (Phi) is 6.95. The maximum atomic E-state index is 11.9. The molecule has 3 rings (SSSR count). The molecule has 0 bridgehead atoms. The van der Waals surface area contributed by atoms with Crippen molar-refractivity contribution in [2.24, 2.45) is 10.9 Å². The van der Waals surface area contributed by atoms with Gasteiger partial charge in [-0.3, -0.25) is 9.79 Å². The highest BCUT2D eigenvalue weighted by molar-refractivity contribution is 5.86. The molecular weight excluding hydrogens is 352 g/mol. The zero-order chi connectivity index (χ0) is 19.9. The lowest BCUT2D eigenvalue weighted by Crippen LogP contribution is -2.47. The number of guanidine groups is 1. The van der Waals surface area contributed by atoms with Crippen molar-refractivity contribution in [1.82, 2.24) is 15.2 Å². The second-order valence-electron chi connectivity index (χ2n) is 7.24. The maximum Gasteiger partial charge on any atom is 0.309 e. The fourth-order valence-corrected chi connectivity index (χ4v) is 4.01. The number of fused-ring (bicyclic) bond motifs is 1. The molecule has 0 saturated carbocycles. The summed E-state index contributed by atoms with van der Waals surface area (Å²) in [6.07, 6.45) is 5.73. The summed E-state index contributed by atoms with van der Waals surface area (Å²) in [4.78, 5) is 22.0. The van der Waals surface area contributed by atoms with E-state index in [1.165, 1.54) is 22.0 Å². The average molecular weight is 385 g/mol. The van der Waals surface area contributed by atoms with E-state index in [0.717, 1.165) is 51.3 Å². The van der Waals surface area contributed by atoms with E-state index in [0.29, 0.717) is 6.61 Å². The Balaban J connectivity index is 1.52. The molecule has 0 spiro atoms. The van der Waals surface area contributed by atoms with Gasteiger partial charge in [-0.05, 0) is 43.7 Å². The molecule has 1 aromatic heterocycles. The first-order chi connectivity index (χ1) is 13.7. The van der Waals surface area contributed by atoms with Gasteiger partial charge >= 0.3 is 5.97 Å². The summed E-state index contributed by atoms with van der Waals surface area (Å²) in [6.45, 7) is 6.98. The van der Waals surface area contributed by atoms with Gasteiger partial charge in [0, 0.05) is 43.8 Å². The van der Waals surface area contributed by atoms with Crippen LogP contribution in [-0.2, 0) is 22.4 Å². The molecule has 0 amide bonds. The van der Waals surface area contributed by atoms with E-state index < -0.39 is 0 Å². The zero-order valence-electron chi connectivity index (χ0n) is 17.3. The molecule has 1 fully saturated rings. The van der Waals surface area contributed by atoms with Crippen LogP contribution in [0.3, 0.4) is 0 Å². The van der Waals surface area contributed by atoms with Crippen LogP contribution in [0.25, 0.3) is 10.9 Å². The highest BCUT2D eigenvalue weighted by Crippen LogP contribution is 2.22. The van der Waals surface area contributed by atoms with Crippen molar-refractivity contribution in [2.75, 3.05) is 33.3 Å². The summed E-state index contributed by atoms with van der Waals surface area (Å²) in [5.41, 5.74) is 3.94. The first-order valence-electron chi connectivity index (χ1n) is 10.4. The number of ether oxygens (including phenoxy) is 1. The van der Waals surface area contributed by atoms with Crippen LogP contribution in [0.15, 0.2) is 29.4 Å². The molecular formula is C22H32N4O2. The van der Waals surface area contributed by atoms with Crippen LogP contribution in [0.4, 0.5) is 0 Å². The summed E-state index contributed by atoms with van der Waals surface area (Å²) in [5.74, 6) is 0.876. The first-order valence-corrected chi connectivity index (χ1v) is 10.4. The number of benzene rings is 1. The maximum absolute atomic E-state index is 11.9. The summed E-state index contributed by atoms with van der Waals surface area (Å²) in [7, 11) is 1.82. The van der Waals surface area contributed by atoms with Crippen molar-refractivity contribution in [3.63, 3.8) is 0 Å². The lowest BCUT2D eigenvalue weighted by atomic mass is 9.97. The zero-order valence-corrected chi connectivity index (χ0v) is 17.3. The molecule has 6 heteroatoms. The van der Waals surface area contributed by atoms with Gasteiger partial charge in [0.25, 0.3) is 0 Å². The Morgan fingerprint density at radius 1 is 1.29 bits per heavy atom. The molecule has 1 aromatic carbocycles. The molecule has 2 aromatic rings. The van der Waals surface area contributed by atoms with E-state index in [9.17, 15) is 4.79 Å². The number of nitrogens with one attached hydrogen (secondary N) is 2. The van der Waals surface area contributed by atoms with Gasteiger partial charge < -0.3 is 19.9 Å². The van der Waals surface area contributed by atoms with E-state index >= 15 is 0 Å². The number of aromatic amines is 1. The quantitative estimate of drug-likeness (QED) is 0.456. The summed E-state index contributed by atoms with van der Waals surface area (Å²) in [5, 5.41) is 4.80. The third kappa shape index (κ3) is 4.49. The number of carbonyl (C=O) groups excluding carboxylic acids is 1. The minimum Gasteiger partial charge on any atom is -0.466 e. The van der Waals surface area contributed by atoms with Crippen LogP contribution >= 0.6 is 0 Å². The smallest absolute Gasteiger partial charge is 0.309 e. The van der Waals surface area contributed by atoms with Gasteiger partial charge in [0.05, 0.1) is 12.5 Å². The van der Waals surface area contributed by atoms with Crippen LogP contribution in [0.5, 0.6) is 0 Å². The molecule has 0 radical (unpaired) electrons. The fraction of sp³-hybridized carbons (Fsp3) is 0.545. The predicted molar refractivity (Wildman–Crippen MR) is 114 cm³/mol. The number of aliphatic imine (C=N–C) groups is 1. The third-order valence-electron chi connectivity index (χ3n) is 5.57. The highest BCUT2D eigenvalue weighted by atomic mass is 16.5. The number of rotatable bonds is 6. The number of aryl methyl sites for hydroxylation is 1. The number of esters is 1. The standard InChI is InChI=1S/C22H32N4O2/c1-4-16-7-6-8-19-18(15-25-20(16)19)9-12-24-22(23-3)26-13-10-17(11-14-26)21(27)28-5-2/h6-8,15,17,25H,4-5,9-14H2,1-3H3,(H,23,24). The van der Waals surface area contributed by atoms with Crippen LogP contribution in [0, 0.1) is 5.92 Å². The van der Waals surface area contributed by atoms with E-state index in [-0.39, 0.29) is 11.9 Å². The molecule has 1 aliphatic heterocycles. The number of hydrogen-bond donors (Lipinski definition) is 2. The number of likely N-dealkylation sites (tertiary alicyclic amines) is 1. The number of H-pyrrole nitrogens is 1. The van der Waals surface area contributed by atoms with Gasteiger partial charge in [0.1, 0.15) is 0 Å². The number of hydrogen-bond acceptors (Lipinski definition) is 3.